The highest BCUT2D eigenvalue weighted by atomic mass is 19.1. The van der Waals surface area contributed by atoms with Gasteiger partial charge in [-0.2, -0.15) is 0 Å². The largest absolute Gasteiger partial charge is 0.490 e. The second-order valence-corrected chi connectivity index (χ2v) is 6.16. The van der Waals surface area contributed by atoms with Crippen LogP contribution < -0.4 is 15.8 Å². The quantitative estimate of drug-likeness (QED) is 0.811. The topological polar surface area (TPSA) is 64.3 Å². The molecule has 0 saturated heterocycles. The average molecular weight is 294 g/mol. The number of amides is 1. The number of ether oxygens (including phenoxy) is 1. The Morgan fingerprint density at radius 1 is 1.57 bits per heavy atom. The fraction of sp³-hybridized carbons (Fsp3) is 0.562. The summed E-state index contributed by atoms with van der Waals surface area (Å²) in [7, 11) is 0. The molecule has 1 aromatic carbocycles. The summed E-state index contributed by atoms with van der Waals surface area (Å²) < 4.78 is 18.9. The molecule has 0 aromatic heterocycles. The van der Waals surface area contributed by atoms with Crippen LogP contribution in [0.1, 0.15) is 38.7 Å². The Labute approximate surface area is 124 Å². The summed E-state index contributed by atoms with van der Waals surface area (Å²) in [4.78, 5) is 11.7. The molecular weight excluding hydrogens is 271 g/mol. The number of hydrogen-bond donors (Lipinski definition) is 2. The molecule has 0 spiro atoms. The molecule has 2 atom stereocenters. The van der Waals surface area contributed by atoms with Crippen LogP contribution in [0.4, 0.5) is 4.39 Å². The van der Waals surface area contributed by atoms with E-state index in [-0.39, 0.29) is 17.8 Å². The fourth-order valence-corrected chi connectivity index (χ4v) is 2.49. The van der Waals surface area contributed by atoms with Gasteiger partial charge in [-0.05, 0) is 57.4 Å². The Morgan fingerprint density at radius 3 is 2.76 bits per heavy atom. The first-order chi connectivity index (χ1) is 9.80. The fourth-order valence-electron chi connectivity index (χ4n) is 2.49. The summed E-state index contributed by atoms with van der Waals surface area (Å²) >= 11 is 0. The highest BCUT2D eigenvalue weighted by Gasteiger charge is 2.38. The lowest BCUT2D eigenvalue weighted by atomic mass is 9.93. The van der Waals surface area contributed by atoms with Crippen molar-refractivity contribution < 1.29 is 13.9 Å². The van der Waals surface area contributed by atoms with Gasteiger partial charge in [0.05, 0.1) is 11.6 Å². The maximum Gasteiger partial charge on any atom is 0.237 e. The molecule has 1 aliphatic carbocycles. The van der Waals surface area contributed by atoms with Crippen LogP contribution in [0.3, 0.4) is 0 Å². The van der Waals surface area contributed by atoms with E-state index < -0.39 is 5.54 Å². The van der Waals surface area contributed by atoms with Gasteiger partial charge < -0.3 is 15.8 Å². The summed E-state index contributed by atoms with van der Waals surface area (Å²) in [6.07, 6.45) is 2.41. The van der Waals surface area contributed by atoms with Crippen molar-refractivity contribution in [3.05, 3.63) is 29.6 Å². The van der Waals surface area contributed by atoms with Crippen molar-refractivity contribution in [1.29, 1.82) is 0 Å². The molecule has 21 heavy (non-hydrogen) atoms. The number of nitrogens with two attached hydrogens (primary N) is 1. The number of carbonyl (C=O) groups excluding carboxylic acids is 1. The molecule has 0 aliphatic heterocycles. The van der Waals surface area contributed by atoms with Crippen LogP contribution in [0.15, 0.2) is 18.2 Å². The van der Waals surface area contributed by atoms with Crippen molar-refractivity contribution in [1.82, 2.24) is 5.32 Å². The molecule has 2 unspecified atom stereocenters. The van der Waals surface area contributed by atoms with E-state index >= 15 is 0 Å². The van der Waals surface area contributed by atoms with Crippen molar-refractivity contribution in [3.8, 4) is 5.75 Å². The minimum atomic E-state index is -0.783. The van der Waals surface area contributed by atoms with Gasteiger partial charge >= 0.3 is 0 Å². The monoisotopic (exact) mass is 294 g/mol. The number of hydrogen-bond acceptors (Lipinski definition) is 3. The summed E-state index contributed by atoms with van der Waals surface area (Å²) in [5, 5.41) is 3.29. The third-order valence-electron chi connectivity index (χ3n) is 3.80. The van der Waals surface area contributed by atoms with Gasteiger partial charge in [0.1, 0.15) is 11.6 Å². The lowest BCUT2D eigenvalue weighted by molar-refractivity contribution is -0.124. The van der Waals surface area contributed by atoms with Crippen LogP contribution in [0.5, 0.6) is 5.75 Å². The lowest BCUT2D eigenvalue weighted by Crippen LogP contribution is -2.55. The predicted molar refractivity (Wildman–Crippen MR) is 79.6 cm³/mol. The molecule has 5 heteroatoms. The highest BCUT2D eigenvalue weighted by Crippen LogP contribution is 2.27. The lowest BCUT2D eigenvalue weighted by Gasteiger charge is -2.31. The summed E-state index contributed by atoms with van der Waals surface area (Å²) in [6, 6.07) is 4.78. The third-order valence-corrected chi connectivity index (χ3v) is 3.80. The first-order valence-corrected chi connectivity index (χ1v) is 7.30. The van der Waals surface area contributed by atoms with E-state index in [1.165, 1.54) is 12.1 Å². The van der Waals surface area contributed by atoms with Crippen molar-refractivity contribution in [2.24, 2.45) is 5.73 Å². The molecule has 2 rings (SSSR count). The van der Waals surface area contributed by atoms with Crippen LogP contribution in [-0.2, 0) is 4.79 Å². The first-order valence-electron chi connectivity index (χ1n) is 7.30. The summed E-state index contributed by atoms with van der Waals surface area (Å²) in [6.45, 7) is 5.49. The first kappa shape index (κ1) is 15.8. The van der Waals surface area contributed by atoms with E-state index in [2.05, 4.69) is 5.32 Å². The Bertz CT molecular complexity index is 531. The maximum absolute atomic E-state index is 13.1. The zero-order chi connectivity index (χ0) is 15.6. The Hall–Kier alpha value is -1.62. The van der Waals surface area contributed by atoms with Crippen LogP contribution in [0, 0.1) is 12.7 Å². The molecule has 4 nitrogen and oxygen atoms in total. The van der Waals surface area contributed by atoms with Crippen LogP contribution >= 0.6 is 0 Å². The Kier molecular flexibility index (Phi) is 4.52. The van der Waals surface area contributed by atoms with E-state index in [1.807, 2.05) is 13.8 Å². The average Bonchev–Trinajstić information content (AvgIpc) is 3.16. The molecule has 1 fully saturated rings. The van der Waals surface area contributed by atoms with Gasteiger partial charge in [-0.15, -0.1) is 0 Å². The second kappa shape index (κ2) is 6.02. The molecular formula is C16H23FN2O2. The molecule has 0 heterocycles. The highest BCUT2D eigenvalue weighted by molar-refractivity contribution is 5.84. The molecule has 1 aromatic rings. The molecule has 1 saturated carbocycles. The van der Waals surface area contributed by atoms with E-state index in [0.29, 0.717) is 18.2 Å². The molecule has 1 aliphatic rings. The van der Waals surface area contributed by atoms with Crippen LogP contribution in [0.2, 0.25) is 0 Å². The van der Waals surface area contributed by atoms with Gasteiger partial charge in [0.2, 0.25) is 5.91 Å². The SMILES string of the molecule is Cc1cc(F)ccc1OC(C)CC(C)(NC1CC1)C(N)=O. The van der Waals surface area contributed by atoms with Gasteiger partial charge in [-0.3, -0.25) is 4.79 Å². The van der Waals surface area contributed by atoms with E-state index in [9.17, 15) is 9.18 Å². The van der Waals surface area contributed by atoms with Gasteiger partial charge in [0.15, 0.2) is 0 Å². The summed E-state index contributed by atoms with van der Waals surface area (Å²) in [5.41, 5.74) is 5.48. The minimum absolute atomic E-state index is 0.210. The Morgan fingerprint density at radius 2 is 2.24 bits per heavy atom. The number of halogens is 1. The second-order valence-electron chi connectivity index (χ2n) is 6.16. The van der Waals surface area contributed by atoms with E-state index in [1.54, 1.807) is 13.0 Å². The van der Waals surface area contributed by atoms with Crippen LogP contribution in [0.25, 0.3) is 0 Å². The standard InChI is InChI=1S/C16H23FN2O2/c1-10-8-12(17)4-7-14(10)21-11(2)9-16(3,15(18)20)19-13-5-6-13/h4,7-8,11,13,19H,5-6,9H2,1-3H3,(H2,18,20). The Balaban J connectivity index is 2.01. The van der Waals surface area contributed by atoms with Crippen molar-refractivity contribution in [2.75, 3.05) is 0 Å². The predicted octanol–water partition coefficient (Wildman–Crippen LogP) is 2.29. The normalized spacial score (nSPS) is 18.9. The van der Waals surface area contributed by atoms with Crippen molar-refractivity contribution >= 4 is 5.91 Å². The number of rotatable bonds is 7. The third kappa shape index (κ3) is 4.17. The molecule has 3 N–H and O–H groups in total. The van der Waals surface area contributed by atoms with Gasteiger partial charge in [-0.25, -0.2) is 4.39 Å². The minimum Gasteiger partial charge on any atom is -0.490 e. The van der Waals surface area contributed by atoms with Gasteiger partial charge in [-0.1, -0.05) is 0 Å². The molecule has 116 valence electrons. The van der Waals surface area contributed by atoms with E-state index in [4.69, 9.17) is 10.5 Å². The molecule has 0 radical (unpaired) electrons. The van der Waals surface area contributed by atoms with Gasteiger partial charge in [0, 0.05) is 12.5 Å². The number of primary amides is 1. The zero-order valence-electron chi connectivity index (χ0n) is 12.8. The van der Waals surface area contributed by atoms with Crippen molar-refractivity contribution in [3.63, 3.8) is 0 Å². The van der Waals surface area contributed by atoms with Crippen LogP contribution in [-0.4, -0.2) is 23.6 Å². The molecule has 0 bridgehead atoms. The van der Waals surface area contributed by atoms with Crippen molar-refractivity contribution in [2.45, 2.75) is 57.7 Å². The van der Waals surface area contributed by atoms with Gasteiger partial charge in [0.25, 0.3) is 0 Å². The smallest absolute Gasteiger partial charge is 0.237 e. The number of aryl methyl sites for hydroxylation is 1. The molecule has 1 amide bonds. The number of nitrogens with one attached hydrogen (secondary N) is 1. The summed E-state index contributed by atoms with van der Waals surface area (Å²) in [5.74, 6) is -0.0345. The zero-order valence-corrected chi connectivity index (χ0v) is 12.8. The number of carbonyl (C=O) groups is 1. The maximum atomic E-state index is 13.1. The van der Waals surface area contributed by atoms with E-state index in [0.717, 1.165) is 18.4 Å². The number of benzene rings is 1.